The van der Waals surface area contributed by atoms with E-state index in [1.54, 1.807) is 56.4 Å². The van der Waals surface area contributed by atoms with Crippen molar-refractivity contribution in [2.75, 3.05) is 13.2 Å². The van der Waals surface area contributed by atoms with Gasteiger partial charge in [-0.2, -0.15) is 0 Å². The Balaban J connectivity index is 1.70. The summed E-state index contributed by atoms with van der Waals surface area (Å²) in [5.74, 6) is -0.455. The van der Waals surface area contributed by atoms with Crippen molar-refractivity contribution in [3.8, 4) is 5.75 Å². The van der Waals surface area contributed by atoms with Crippen molar-refractivity contribution in [1.29, 1.82) is 0 Å². The lowest BCUT2D eigenvalue weighted by atomic mass is 10.1. The first-order valence-electron chi connectivity index (χ1n) is 8.07. The first-order chi connectivity index (χ1) is 12.4. The van der Waals surface area contributed by atoms with Gasteiger partial charge in [-0.05, 0) is 50.2 Å². The van der Waals surface area contributed by atoms with Crippen LogP contribution in [0.5, 0.6) is 5.75 Å². The lowest BCUT2D eigenvalue weighted by Gasteiger charge is -2.24. The summed E-state index contributed by atoms with van der Waals surface area (Å²) in [6.07, 6.45) is 3.39. The molecule has 0 saturated carbocycles. The van der Waals surface area contributed by atoms with Crippen molar-refractivity contribution in [3.05, 3.63) is 59.4 Å². The van der Waals surface area contributed by atoms with E-state index in [9.17, 15) is 9.59 Å². The quantitative estimate of drug-likeness (QED) is 0.516. The van der Waals surface area contributed by atoms with E-state index in [4.69, 9.17) is 25.8 Å². The number of halogens is 1. The van der Waals surface area contributed by atoms with Gasteiger partial charge in [0.2, 0.25) is 0 Å². The molecule has 2 aromatic rings. The fraction of sp³-hybridized carbons (Fsp3) is 0.316. The first kappa shape index (κ1) is 19.7. The number of ether oxygens (including phenoxy) is 3. The molecule has 0 unspecified atom stereocenters. The minimum atomic E-state index is -1.15. The van der Waals surface area contributed by atoms with E-state index < -0.39 is 17.5 Å². The predicted octanol–water partition coefficient (Wildman–Crippen LogP) is 3.68. The Hall–Kier alpha value is -2.60. The average Bonchev–Trinajstić information content (AvgIpc) is 2.63. The van der Waals surface area contributed by atoms with Crippen LogP contribution in [0.3, 0.4) is 0 Å². The monoisotopic (exact) mass is 377 g/mol. The maximum absolute atomic E-state index is 12.2. The van der Waals surface area contributed by atoms with Crippen LogP contribution in [0.25, 0.3) is 0 Å². The van der Waals surface area contributed by atoms with Crippen LogP contribution in [0.1, 0.15) is 30.6 Å². The third-order valence-corrected chi connectivity index (χ3v) is 3.58. The highest BCUT2D eigenvalue weighted by atomic mass is 35.5. The third-order valence-electron chi connectivity index (χ3n) is 3.33. The number of carbonyl (C=O) groups excluding carboxylic acids is 2. The fourth-order valence-corrected chi connectivity index (χ4v) is 2.09. The number of hydrogen-bond donors (Lipinski definition) is 0. The number of aromatic nitrogens is 1. The normalized spacial score (nSPS) is 10.9. The van der Waals surface area contributed by atoms with Gasteiger partial charge in [-0.15, -0.1) is 0 Å². The number of esters is 2. The smallest absolute Gasteiger partial charge is 0.349 e. The van der Waals surface area contributed by atoms with Crippen molar-refractivity contribution in [3.63, 3.8) is 0 Å². The molecule has 0 atom stereocenters. The summed E-state index contributed by atoms with van der Waals surface area (Å²) in [4.78, 5) is 27.7. The van der Waals surface area contributed by atoms with Crippen molar-refractivity contribution < 1.29 is 23.8 Å². The molecule has 0 spiro atoms. The molecule has 1 heterocycles. The molecule has 1 aromatic heterocycles. The number of nitrogens with zero attached hydrogens (tertiary/aromatic N) is 1. The summed E-state index contributed by atoms with van der Waals surface area (Å²) in [6, 6.07) is 9.97. The number of carbonyl (C=O) groups is 2. The van der Waals surface area contributed by atoms with Gasteiger partial charge in [0.25, 0.3) is 0 Å². The molecule has 2 rings (SSSR count). The standard InChI is InChI=1S/C19H20ClNO5/c1-19(2,26-16-8-6-15(20)7-9-16)18(23)25-12-4-11-24-17(22)14-5-3-10-21-13-14/h3,5-10,13H,4,11-12H2,1-2H3. The third kappa shape index (κ3) is 6.04. The Labute approximate surface area is 157 Å². The van der Waals surface area contributed by atoms with Crippen molar-refractivity contribution in [2.45, 2.75) is 25.9 Å². The van der Waals surface area contributed by atoms with Gasteiger partial charge in [0, 0.05) is 23.8 Å². The van der Waals surface area contributed by atoms with Crippen molar-refractivity contribution in [1.82, 2.24) is 4.98 Å². The largest absolute Gasteiger partial charge is 0.476 e. The topological polar surface area (TPSA) is 74.7 Å². The van der Waals surface area contributed by atoms with Gasteiger partial charge in [-0.1, -0.05) is 11.6 Å². The van der Waals surface area contributed by atoms with Gasteiger partial charge in [0.15, 0.2) is 5.60 Å². The Morgan fingerprint density at radius 3 is 2.42 bits per heavy atom. The summed E-state index contributed by atoms with van der Waals surface area (Å²) in [5, 5.41) is 0.582. The van der Waals surface area contributed by atoms with E-state index in [-0.39, 0.29) is 13.2 Å². The lowest BCUT2D eigenvalue weighted by Crippen LogP contribution is -2.40. The summed E-state index contributed by atoms with van der Waals surface area (Å²) < 4.78 is 15.9. The van der Waals surface area contributed by atoms with Crippen LogP contribution in [0.2, 0.25) is 5.02 Å². The zero-order valence-corrected chi connectivity index (χ0v) is 15.4. The van der Waals surface area contributed by atoms with Crippen LogP contribution < -0.4 is 4.74 Å². The molecule has 1 aromatic carbocycles. The Bertz CT molecular complexity index is 731. The highest BCUT2D eigenvalue weighted by molar-refractivity contribution is 6.30. The van der Waals surface area contributed by atoms with Crippen LogP contribution in [-0.4, -0.2) is 35.7 Å². The van der Waals surface area contributed by atoms with Crippen molar-refractivity contribution in [2.24, 2.45) is 0 Å². The van der Waals surface area contributed by atoms with E-state index >= 15 is 0 Å². The van der Waals surface area contributed by atoms with E-state index in [1.807, 2.05) is 0 Å². The van der Waals surface area contributed by atoms with Crippen LogP contribution in [-0.2, 0) is 14.3 Å². The van der Waals surface area contributed by atoms with E-state index in [0.29, 0.717) is 22.8 Å². The first-order valence-corrected chi connectivity index (χ1v) is 8.45. The number of rotatable bonds is 8. The minimum Gasteiger partial charge on any atom is -0.476 e. The predicted molar refractivity (Wildman–Crippen MR) is 96.3 cm³/mol. The zero-order chi connectivity index (χ0) is 19.0. The maximum atomic E-state index is 12.2. The summed E-state index contributed by atoms with van der Waals surface area (Å²) in [6.45, 7) is 3.49. The van der Waals surface area contributed by atoms with Gasteiger partial charge in [-0.3, -0.25) is 4.98 Å². The maximum Gasteiger partial charge on any atom is 0.349 e. The molecule has 0 aliphatic rings. The molecule has 0 saturated heterocycles. The van der Waals surface area contributed by atoms with E-state index in [2.05, 4.69) is 4.98 Å². The Kier molecular flexibility index (Phi) is 6.97. The molecular weight excluding hydrogens is 358 g/mol. The van der Waals surface area contributed by atoms with Gasteiger partial charge in [-0.25, -0.2) is 9.59 Å². The molecule has 6 nitrogen and oxygen atoms in total. The molecule has 7 heteroatoms. The fourth-order valence-electron chi connectivity index (χ4n) is 1.97. The molecule has 0 amide bonds. The van der Waals surface area contributed by atoms with Gasteiger partial charge >= 0.3 is 11.9 Å². The van der Waals surface area contributed by atoms with Crippen molar-refractivity contribution >= 4 is 23.5 Å². The highest BCUT2D eigenvalue weighted by Gasteiger charge is 2.31. The zero-order valence-electron chi connectivity index (χ0n) is 14.6. The minimum absolute atomic E-state index is 0.118. The lowest BCUT2D eigenvalue weighted by molar-refractivity contribution is -0.159. The van der Waals surface area contributed by atoms with Crippen LogP contribution in [0.4, 0.5) is 0 Å². The average molecular weight is 378 g/mol. The van der Waals surface area contributed by atoms with Crippen LogP contribution >= 0.6 is 11.6 Å². The number of pyridine rings is 1. The molecule has 0 aliphatic carbocycles. The Morgan fingerprint density at radius 1 is 1.08 bits per heavy atom. The highest BCUT2D eigenvalue weighted by Crippen LogP contribution is 2.21. The SMILES string of the molecule is CC(C)(Oc1ccc(Cl)cc1)C(=O)OCCCOC(=O)c1cccnc1. The molecule has 138 valence electrons. The summed E-state index contributed by atoms with van der Waals surface area (Å²) in [7, 11) is 0. The van der Waals surface area contributed by atoms with E-state index in [0.717, 1.165) is 0 Å². The van der Waals surface area contributed by atoms with E-state index in [1.165, 1.54) is 6.20 Å². The summed E-state index contributed by atoms with van der Waals surface area (Å²) in [5.41, 5.74) is -0.776. The molecule has 0 radical (unpaired) electrons. The molecule has 0 N–H and O–H groups in total. The second kappa shape index (κ2) is 9.20. The van der Waals surface area contributed by atoms with Gasteiger partial charge in [0.1, 0.15) is 5.75 Å². The molecule has 26 heavy (non-hydrogen) atoms. The second-order valence-electron chi connectivity index (χ2n) is 5.93. The Morgan fingerprint density at radius 2 is 1.77 bits per heavy atom. The summed E-state index contributed by atoms with van der Waals surface area (Å²) >= 11 is 5.82. The number of hydrogen-bond acceptors (Lipinski definition) is 6. The van der Waals surface area contributed by atoms with Crippen LogP contribution in [0.15, 0.2) is 48.8 Å². The molecule has 0 fully saturated rings. The second-order valence-corrected chi connectivity index (χ2v) is 6.37. The van der Waals surface area contributed by atoms with Crippen LogP contribution in [0, 0.1) is 0 Å². The molecular formula is C19H20ClNO5. The van der Waals surface area contributed by atoms with Gasteiger partial charge < -0.3 is 14.2 Å². The molecule has 0 bridgehead atoms. The van der Waals surface area contributed by atoms with Gasteiger partial charge in [0.05, 0.1) is 18.8 Å². The molecule has 0 aliphatic heterocycles. The number of benzene rings is 1.